The second-order valence-corrected chi connectivity index (χ2v) is 7.54. The molecule has 1 saturated heterocycles. The van der Waals surface area contributed by atoms with Crippen LogP contribution in [0.3, 0.4) is 0 Å². The van der Waals surface area contributed by atoms with E-state index in [9.17, 15) is 9.90 Å². The predicted molar refractivity (Wildman–Crippen MR) is 92.1 cm³/mol. The molecular formula is C17H25ClN2O3. The Balaban J connectivity index is 1.95. The van der Waals surface area contributed by atoms with Crippen LogP contribution in [0, 0.1) is 5.92 Å². The molecule has 1 aromatic rings. The molecule has 1 aliphatic rings. The molecule has 5 nitrogen and oxygen atoms in total. The van der Waals surface area contributed by atoms with E-state index in [0.29, 0.717) is 23.8 Å². The van der Waals surface area contributed by atoms with E-state index in [1.807, 2.05) is 20.8 Å². The summed E-state index contributed by atoms with van der Waals surface area (Å²) in [5, 5.41) is 13.8. The lowest BCUT2D eigenvalue weighted by molar-refractivity contribution is 0.0165. The van der Waals surface area contributed by atoms with Crippen molar-refractivity contribution in [2.75, 3.05) is 18.4 Å². The molecule has 1 aliphatic heterocycles. The van der Waals surface area contributed by atoms with Gasteiger partial charge < -0.3 is 20.1 Å². The molecule has 1 amide bonds. The van der Waals surface area contributed by atoms with Crippen molar-refractivity contribution in [2.24, 2.45) is 5.92 Å². The monoisotopic (exact) mass is 340 g/mol. The lowest BCUT2D eigenvalue weighted by Gasteiger charge is -2.38. The van der Waals surface area contributed by atoms with Gasteiger partial charge in [0.1, 0.15) is 11.4 Å². The smallest absolute Gasteiger partial charge is 0.410 e. The fourth-order valence-electron chi connectivity index (χ4n) is 2.68. The van der Waals surface area contributed by atoms with Crippen molar-refractivity contribution in [3.05, 3.63) is 23.2 Å². The van der Waals surface area contributed by atoms with Gasteiger partial charge in [0, 0.05) is 30.2 Å². The molecule has 6 heteroatoms. The highest BCUT2D eigenvalue weighted by Crippen LogP contribution is 2.30. The number of halogens is 1. The number of carbonyl (C=O) groups is 1. The van der Waals surface area contributed by atoms with Crippen molar-refractivity contribution >= 4 is 23.4 Å². The zero-order valence-corrected chi connectivity index (χ0v) is 14.9. The average Bonchev–Trinajstić information content (AvgIpc) is 2.41. The summed E-state index contributed by atoms with van der Waals surface area (Å²) >= 11 is 5.85. The number of hydrogen-bond acceptors (Lipinski definition) is 4. The molecular weight excluding hydrogens is 316 g/mol. The third-order valence-corrected chi connectivity index (χ3v) is 4.09. The van der Waals surface area contributed by atoms with Crippen LogP contribution in [0.4, 0.5) is 10.5 Å². The number of benzene rings is 1. The summed E-state index contributed by atoms with van der Waals surface area (Å²) in [4.78, 5) is 13.9. The number of likely N-dealkylation sites (tertiary alicyclic amines) is 1. The van der Waals surface area contributed by atoms with Crippen molar-refractivity contribution in [3.8, 4) is 5.75 Å². The van der Waals surface area contributed by atoms with Crippen LogP contribution in [-0.4, -0.2) is 40.8 Å². The first kappa shape index (κ1) is 17.7. The molecule has 0 saturated carbocycles. The van der Waals surface area contributed by atoms with E-state index in [1.54, 1.807) is 17.0 Å². The predicted octanol–water partition coefficient (Wildman–Crippen LogP) is 4.10. The van der Waals surface area contributed by atoms with Crippen molar-refractivity contribution in [3.63, 3.8) is 0 Å². The van der Waals surface area contributed by atoms with Crippen LogP contribution in [0.2, 0.25) is 5.02 Å². The first-order valence-corrected chi connectivity index (χ1v) is 8.26. The first-order valence-electron chi connectivity index (χ1n) is 7.88. The Labute approximate surface area is 142 Å². The van der Waals surface area contributed by atoms with E-state index in [2.05, 4.69) is 12.2 Å². The first-order chi connectivity index (χ1) is 10.7. The Morgan fingerprint density at radius 1 is 1.43 bits per heavy atom. The molecule has 2 atom stereocenters. The number of anilines is 1. The number of hydrogen-bond donors (Lipinski definition) is 2. The van der Waals surface area contributed by atoms with Crippen LogP contribution in [-0.2, 0) is 4.74 Å². The highest BCUT2D eigenvalue weighted by Gasteiger charge is 2.31. The molecule has 0 spiro atoms. The molecule has 2 unspecified atom stereocenters. The molecule has 0 radical (unpaired) electrons. The summed E-state index contributed by atoms with van der Waals surface area (Å²) in [6.07, 6.45) is 0.528. The Bertz CT molecular complexity index is 571. The number of nitrogens with zero attached hydrogens (tertiary/aromatic N) is 1. The molecule has 0 aliphatic carbocycles. The minimum Gasteiger partial charge on any atom is -0.506 e. The van der Waals surface area contributed by atoms with Gasteiger partial charge in [0.15, 0.2) is 0 Å². The van der Waals surface area contributed by atoms with E-state index >= 15 is 0 Å². The van der Waals surface area contributed by atoms with E-state index in [0.717, 1.165) is 6.42 Å². The van der Waals surface area contributed by atoms with Gasteiger partial charge in [-0.15, -0.1) is 0 Å². The van der Waals surface area contributed by atoms with E-state index in [4.69, 9.17) is 16.3 Å². The summed E-state index contributed by atoms with van der Waals surface area (Å²) < 4.78 is 5.42. The van der Waals surface area contributed by atoms with Gasteiger partial charge in [-0.25, -0.2) is 4.79 Å². The van der Waals surface area contributed by atoms with E-state index in [1.165, 1.54) is 6.07 Å². The number of phenolic OH excluding ortho intramolecular Hbond substituents is 1. The number of ether oxygens (including phenoxy) is 1. The normalized spacial score (nSPS) is 21.9. The standard InChI is InChI=1S/C17H25ClN2O3/c1-11-10-20(16(22)23-17(2,3)4)8-7-13(11)19-14-6-5-12(18)9-15(14)21/h5-6,9,11,13,19,21H,7-8,10H2,1-4H3. The summed E-state index contributed by atoms with van der Waals surface area (Å²) in [6.45, 7) is 8.94. The molecule has 1 heterocycles. The number of aromatic hydroxyl groups is 1. The molecule has 2 N–H and O–H groups in total. The number of rotatable bonds is 2. The third kappa shape index (κ3) is 4.93. The van der Waals surface area contributed by atoms with Gasteiger partial charge in [0.05, 0.1) is 5.69 Å². The fraction of sp³-hybridized carbons (Fsp3) is 0.588. The fourth-order valence-corrected chi connectivity index (χ4v) is 2.85. The number of amides is 1. The highest BCUT2D eigenvalue weighted by atomic mass is 35.5. The zero-order valence-electron chi connectivity index (χ0n) is 14.1. The van der Waals surface area contributed by atoms with Gasteiger partial charge in [-0.05, 0) is 45.2 Å². The van der Waals surface area contributed by atoms with Crippen LogP contribution >= 0.6 is 11.6 Å². The van der Waals surface area contributed by atoms with Crippen molar-refractivity contribution in [1.82, 2.24) is 4.90 Å². The molecule has 0 aromatic heterocycles. The SMILES string of the molecule is CC1CN(C(=O)OC(C)(C)C)CCC1Nc1ccc(Cl)cc1O. The largest absolute Gasteiger partial charge is 0.506 e. The van der Waals surface area contributed by atoms with Gasteiger partial charge in [-0.1, -0.05) is 18.5 Å². The van der Waals surface area contributed by atoms with Gasteiger partial charge in [-0.3, -0.25) is 0 Å². The maximum atomic E-state index is 12.1. The lowest BCUT2D eigenvalue weighted by Crippen LogP contribution is -2.48. The summed E-state index contributed by atoms with van der Waals surface area (Å²) in [5.41, 5.74) is 0.182. The Morgan fingerprint density at radius 3 is 2.70 bits per heavy atom. The highest BCUT2D eigenvalue weighted by molar-refractivity contribution is 6.30. The Hall–Kier alpha value is -1.62. The van der Waals surface area contributed by atoms with Crippen molar-refractivity contribution in [2.45, 2.75) is 45.8 Å². The van der Waals surface area contributed by atoms with Gasteiger partial charge in [0.2, 0.25) is 0 Å². The van der Waals surface area contributed by atoms with Crippen LogP contribution < -0.4 is 5.32 Å². The van der Waals surface area contributed by atoms with Crippen molar-refractivity contribution in [1.29, 1.82) is 0 Å². The summed E-state index contributed by atoms with van der Waals surface area (Å²) in [7, 11) is 0. The van der Waals surface area contributed by atoms with Crippen LogP contribution in [0.1, 0.15) is 34.1 Å². The molecule has 23 heavy (non-hydrogen) atoms. The summed E-state index contributed by atoms with van der Waals surface area (Å²) in [5.74, 6) is 0.380. The molecule has 2 rings (SSSR count). The minimum atomic E-state index is -0.482. The second kappa shape index (κ2) is 6.87. The number of piperidine rings is 1. The molecule has 1 aromatic carbocycles. The van der Waals surface area contributed by atoms with Gasteiger partial charge >= 0.3 is 6.09 Å². The number of carbonyl (C=O) groups excluding carboxylic acids is 1. The number of phenols is 1. The van der Waals surface area contributed by atoms with E-state index < -0.39 is 5.60 Å². The molecule has 0 bridgehead atoms. The third-order valence-electron chi connectivity index (χ3n) is 3.86. The minimum absolute atomic E-state index is 0.138. The maximum Gasteiger partial charge on any atom is 0.410 e. The summed E-state index contributed by atoms with van der Waals surface area (Å²) in [6, 6.07) is 5.21. The van der Waals surface area contributed by atoms with E-state index in [-0.39, 0.29) is 23.8 Å². The van der Waals surface area contributed by atoms with Crippen LogP contribution in [0.15, 0.2) is 18.2 Å². The lowest BCUT2D eigenvalue weighted by atomic mass is 9.93. The Kier molecular flexibility index (Phi) is 5.30. The van der Waals surface area contributed by atoms with Crippen LogP contribution in [0.25, 0.3) is 0 Å². The zero-order chi connectivity index (χ0) is 17.2. The molecule has 128 valence electrons. The average molecular weight is 341 g/mol. The van der Waals surface area contributed by atoms with Crippen molar-refractivity contribution < 1.29 is 14.6 Å². The second-order valence-electron chi connectivity index (χ2n) is 7.10. The Morgan fingerprint density at radius 2 is 2.13 bits per heavy atom. The topological polar surface area (TPSA) is 61.8 Å². The quantitative estimate of drug-likeness (QED) is 0.795. The van der Waals surface area contributed by atoms with Gasteiger partial charge in [-0.2, -0.15) is 0 Å². The molecule has 1 fully saturated rings. The van der Waals surface area contributed by atoms with Crippen LogP contribution in [0.5, 0.6) is 5.75 Å². The maximum absolute atomic E-state index is 12.1. The van der Waals surface area contributed by atoms with Gasteiger partial charge in [0.25, 0.3) is 0 Å². The number of nitrogens with one attached hydrogen (secondary N) is 1.